The average Bonchev–Trinajstić information content (AvgIpc) is 2.48. The van der Waals surface area contributed by atoms with Crippen LogP contribution in [0.5, 0.6) is 5.88 Å². The number of rotatable bonds is 5. The summed E-state index contributed by atoms with van der Waals surface area (Å²) in [6.45, 7) is 1.79. The van der Waals surface area contributed by atoms with Gasteiger partial charge in [-0.05, 0) is 18.2 Å². The molecule has 0 N–H and O–H groups in total. The van der Waals surface area contributed by atoms with Crippen LogP contribution >= 0.6 is 0 Å². The van der Waals surface area contributed by atoms with Gasteiger partial charge in [-0.3, -0.25) is 9.78 Å². The predicted molar refractivity (Wildman–Crippen MR) is 69.7 cm³/mol. The number of nitrogens with zero attached hydrogens (tertiary/aromatic N) is 3. The zero-order chi connectivity index (χ0) is 14.6. The number of sulfone groups is 1. The standard InChI is InChI=1S/C12H11N3O4S/c1-2-20(17,18)10-4-3-7-13-12(10)9-5-6-11(15-14-9)19-8-16/h3-8H,2H2,1H3. The van der Waals surface area contributed by atoms with E-state index in [1.807, 2.05) is 0 Å². The van der Waals surface area contributed by atoms with Gasteiger partial charge in [-0.2, -0.15) is 0 Å². The minimum Gasteiger partial charge on any atom is -0.408 e. The SMILES string of the molecule is CCS(=O)(=O)c1cccnc1-c1ccc(OC=O)nn1. The maximum absolute atomic E-state index is 12.0. The van der Waals surface area contributed by atoms with Crippen LogP contribution in [0.2, 0.25) is 0 Å². The van der Waals surface area contributed by atoms with Crippen LogP contribution in [0.1, 0.15) is 6.92 Å². The summed E-state index contributed by atoms with van der Waals surface area (Å²) in [5, 5.41) is 7.47. The zero-order valence-corrected chi connectivity index (χ0v) is 11.4. The van der Waals surface area contributed by atoms with Crippen molar-refractivity contribution >= 4 is 16.3 Å². The van der Waals surface area contributed by atoms with E-state index in [0.29, 0.717) is 0 Å². The van der Waals surface area contributed by atoms with Gasteiger partial charge in [0.15, 0.2) is 9.84 Å². The Hall–Kier alpha value is -2.35. The first-order chi connectivity index (χ1) is 9.58. The van der Waals surface area contributed by atoms with Crippen molar-refractivity contribution in [3.8, 4) is 17.3 Å². The van der Waals surface area contributed by atoms with E-state index in [1.54, 1.807) is 13.0 Å². The minimum atomic E-state index is -3.42. The predicted octanol–water partition coefficient (Wildman–Crippen LogP) is 0.867. The molecule has 104 valence electrons. The first-order valence-electron chi connectivity index (χ1n) is 5.70. The van der Waals surface area contributed by atoms with Gasteiger partial charge >= 0.3 is 0 Å². The second-order valence-electron chi connectivity index (χ2n) is 3.72. The van der Waals surface area contributed by atoms with Gasteiger partial charge in [0.2, 0.25) is 5.88 Å². The van der Waals surface area contributed by atoms with E-state index in [2.05, 4.69) is 19.9 Å². The molecule has 7 nitrogen and oxygen atoms in total. The van der Waals surface area contributed by atoms with Gasteiger partial charge in [0.25, 0.3) is 6.47 Å². The van der Waals surface area contributed by atoms with Crippen LogP contribution in [0, 0.1) is 0 Å². The van der Waals surface area contributed by atoms with Gasteiger partial charge in [0, 0.05) is 12.3 Å². The fraction of sp³-hybridized carbons (Fsp3) is 0.167. The maximum atomic E-state index is 12.0. The summed E-state index contributed by atoms with van der Waals surface area (Å²) in [5.74, 6) is -0.00886. The van der Waals surface area contributed by atoms with Gasteiger partial charge in [-0.25, -0.2) is 8.42 Å². The molecule has 0 radical (unpaired) electrons. The summed E-state index contributed by atoms with van der Waals surface area (Å²) in [7, 11) is -3.42. The number of hydrogen-bond acceptors (Lipinski definition) is 7. The van der Waals surface area contributed by atoms with Gasteiger partial charge in [0.05, 0.1) is 10.6 Å². The monoisotopic (exact) mass is 293 g/mol. The summed E-state index contributed by atoms with van der Waals surface area (Å²) in [5.41, 5.74) is 0.510. The quantitative estimate of drug-likeness (QED) is 0.754. The van der Waals surface area contributed by atoms with Crippen molar-refractivity contribution in [2.45, 2.75) is 11.8 Å². The highest BCUT2D eigenvalue weighted by molar-refractivity contribution is 7.91. The summed E-state index contributed by atoms with van der Waals surface area (Å²) >= 11 is 0. The van der Waals surface area contributed by atoms with Crippen molar-refractivity contribution in [3.63, 3.8) is 0 Å². The molecule has 20 heavy (non-hydrogen) atoms. The topological polar surface area (TPSA) is 99.1 Å². The highest BCUT2D eigenvalue weighted by Gasteiger charge is 2.19. The van der Waals surface area contributed by atoms with Crippen LogP contribution in [0.15, 0.2) is 35.4 Å². The Morgan fingerprint density at radius 3 is 2.65 bits per heavy atom. The molecule has 2 aromatic rings. The number of aromatic nitrogens is 3. The van der Waals surface area contributed by atoms with E-state index in [1.165, 1.54) is 24.4 Å². The highest BCUT2D eigenvalue weighted by atomic mass is 32.2. The van der Waals surface area contributed by atoms with Crippen molar-refractivity contribution < 1.29 is 17.9 Å². The molecule has 0 aliphatic rings. The van der Waals surface area contributed by atoms with Gasteiger partial charge in [0.1, 0.15) is 11.4 Å². The third-order valence-corrected chi connectivity index (χ3v) is 4.30. The second-order valence-corrected chi connectivity index (χ2v) is 5.97. The van der Waals surface area contributed by atoms with E-state index in [4.69, 9.17) is 0 Å². The maximum Gasteiger partial charge on any atom is 0.299 e. The molecule has 0 atom stereocenters. The van der Waals surface area contributed by atoms with Gasteiger partial charge < -0.3 is 4.74 Å². The molecule has 0 aromatic carbocycles. The number of pyridine rings is 1. The van der Waals surface area contributed by atoms with E-state index < -0.39 is 9.84 Å². The lowest BCUT2D eigenvalue weighted by molar-refractivity contribution is -0.121. The van der Waals surface area contributed by atoms with Gasteiger partial charge in [-0.1, -0.05) is 6.92 Å². The fourth-order valence-corrected chi connectivity index (χ4v) is 2.60. The van der Waals surface area contributed by atoms with Crippen molar-refractivity contribution in [1.29, 1.82) is 0 Å². The summed E-state index contributed by atoms with van der Waals surface area (Å²) in [6.07, 6.45) is 1.47. The summed E-state index contributed by atoms with van der Waals surface area (Å²) < 4.78 is 28.5. The molecule has 0 saturated heterocycles. The largest absolute Gasteiger partial charge is 0.408 e. The Kier molecular flexibility index (Phi) is 4.04. The summed E-state index contributed by atoms with van der Waals surface area (Å²) in [4.78, 5) is 14.3. The van der Waals surface area contributed by atoms with Crippen molar-refractivity contribution in [1.82, 2.24) is 15.2 Å². The Morgan fingerprint density at radius 2 is 2.05 bits per heavy atom. The first-order valence-corrected chi connectivity index (χ1v) is 7.36. The van der Waals surface area contributed by atoms with Gasteiger partial charge in [-0.15, -0.1) is 10.2 Å². The molecular weight excluding hydrogens is 282 g/mol. The van der Waals surface area contributed by atoms with Crippen molar-refractivity contribution in [2.24, 2.45) is 0 Å². The number of carbonyl (C=O) groups excluding carboxylic acids is 1. The first kappa shape index (κ1) is 14.1. The minimum absolute atomic E-state index is 0.0274. The van der Waals surface area contributed by atoms with E-state index in [0.717, 1.165) is 0 Å². The van der Waals surface area contributed by atoms with E-state index >= 15 is 0 Å². The lowest BCUT2D eigenvalue weighted by atomic mass is 10.2. The number of hydrogen-bond donors (Lipinski definition) is 0. The molecule has 2 heterocycles. The molecule has 0 unspecified atom stereocenters. The Bertz CT molecular complexity index is 714. The second kappa shape index (κ2) is 5.74. The molecule has 2 aromatic heterocycles. The highest BCUT2D eigenvalue weighted by Crippen LogP contribution is 2.24. The summed E-state index contributed by atoms with van der Waals surface area (Å²) in [6, 6.07) is 5.92. The Balaban J connectivity index is 2.50. The van der Waals surface area contributed by atoms with E-state index in [-0.39, 0.29) is 34.4 Å². The molecule has 0 fully saturated rings. The lowest BCUT2D eigenvalue weighted by Gasteiger charge is -2.07. The number of carbonyl (C=O) groups is 1. The van der Waals surface area contributed by atoms with Crippen LogP contribution in [-0.2, 0) is 14.6 Å². The molecule has 0 saturated carbocycles. The Labute approximate surface area is 115 Å². The molecular formula is C12H11N3O4S. The molecule has 0 amide bonds. The Morgan fingerprint density at radius 1 is 1.25 bits per heavy atom. The molecule has 0 bridgehead atoms. The van der Waals surface area contributed by atoms with Crippen LogP contribution in [-0.4, -0.2) is 35.8 Å². The fourth-order valence-electron chi connectivity index (χ4n) is 1.55. The van der Waals surface area contributed by atoms with Crippen molar-refractivity contribution in [2.75, 3.05) is 5.75 Å². The normalized spacial score (nSPS) is 11.1. The molecule has 0 spiro atoms. The number of ether oxygens (including phenoxy) is 1. The molecule has 8 heteroatoms. The van der Waals surface area contributed by atoms with Crippen LogP contribution in [0.25, 0.3) is 11.4 Å². The zero-order valence-electron chi connectivity index (χ0n) is 10.6. The van der Waals surface area contributed by atoms with Crippen LogP contribution in [0.3, 0.4) is 0 Å². The third-order valence-electron chi connectivity index (χ3n) is 2.54. The van der Waals surface area contributed by atoms with Crippen LogP contribution < -0.4 is 4.74 Å². The molecule has 2 rings (SSSR count). The van der Waals surface area contributed by atoms with Crippen LogP contribution in [0.4, 0.5) is 0 Å². The average molecular weight is 293 g/mol. The molecule has 0 aliphatic carbocycles. The third kappa shape index (κ3) is 2.80. The lowest BCUT2D eigenvalue weighted by Crippen LogP contribution is -2.07. The smallest absolute Gasteiger partial charge is 0.299 e. The molecule has 0 aliphatic heterocycles. The van der Waals surface area contributed by atoms with E-state index in [9.17, 15) is 13.2 Å². The van der Waals surface area contributed by atoms with Crippen molar-refractivity contribution in [3.05, 3.63) is 30.5 Å².